The quantitative estimate of drug-likeness (QED) is 0.172. The Labute approximate surface area is 280 Å². The van der Waals surface area contributed by atoms with E-state index in [1.165, 1.54) is 43.1 Å². The van der Waals surface area contributed by atoms with Gasteiger partial charge < -0.3 is 9.80 Å². The average Bonchev–Trinajstić information content (AvgIpc) is 3.15. The molecular formula is C46H32N2. The van der Waals surface area contributed by atoms with Crippen LogP contribution in [0.25, 0.3) is 43.1 Å². The van der Waals surface area contributed by atoms with Gasteiger partial charge in [0.05, 0.1) is 5.69 Å². The average molecular weight is 613 g/mol. The van der Waals surface area contributed by atoms with Crippen molar-refractivity contribution in [1.82, 2.24) is 0 Å². The summed E-state index contributed by atoms with van der Waals surface area (Å²) in [5, 5.41) is 9.74. The third-order valence-electron chi connectivity index (χ3n) is 9.32. The lowest BCUT2D eigenvalue weighted by molar-refractivity contribution is 1.27. The maximum Gasteiger partial charge on any atom is 0.0567 e. The maximum absolute atomic E-state index is 2.42. The zero-order valence-electron chi connectivity index (χ0n) is 26.4. The minimum absolute atomic E-state index is 1.09. The minimum atomic E-state index is 1.09. The molecule has 226 valence electrons. The monoisotopic (exact) mass is 612 g/mol. The van der Waals surface area contributed by atoms with Crippen molar-refractivity contribution in [3.05, 3.63) is 194 Å². The molecule has 9 aromatic rings. The summed E-state index contributed by atoms with van der Waals surface area (Å²) in [5.41, 5.74) is 6.66. The molecule has 0 fully saturated rings. The molecule has 0 saturated heterocycles. The van der Waals surface area contributed by atoms with Crippen LogP contribution < -0.4 is 9.80 Å². The Morgan fingerprint density at radius 3 is 1.31 bits per heavy atom. The minimum Gasteiger partial charge on any atom is -0.310 e. The van der Waals surface area contributed by atoms with Crippen molar-refractivity contribution in [2.45, 2.75) is 0 Å². The van der Waals surface area contributed by atoms with E-state index >= 15 is 0 Å². The van der Waals surface area contributed by atoms with E-state index in [-0.39, 0.29) is 0 Å². The number of benzene rings is 9. The van der Waals surface area contributed by atoms with Crippen molar-refractivity contribution in [2.75, 3.05) is 9.80 Å². The Hall–Kier alpha value is -6.38. The summed E-state index contributed by atoms with van der Waals surface area (Å²) < 4.78 is 0. The van der Waals surface area contributed by atoms with Gasteiger partial charge in [-0.3, -0.25) is 0 Å². The lowest BCUT2D eigenvalue weighted by Gasteiger charge is -2.31. The van der Waals surface area contributed by atoms with Crippen LogP contribution in [0, 0.1) is 0 Å². The van der Waals surface area contributed by atoms with Gasteiger partial charge in [0.15, 0.2) is 0 Å². The second-order valence-electron chi connectivity index (χ2n) is 12.3. The molecule has 0 spiro atoms. The zero-order chi connectivity index (χ0) is 31.9. The largest absolute Gasteiger partial charge is 0.310 e. The number of anilines is 6. The zero-order valence-corrected chi connectivity index (χ0v) is 26.4. The van der Waals surface area contributed by atoms with Crippen LogP contribution in [-0.2, 0) is 0 Å². The van der Waals surface area contributed by atoms with Crippen LogP contribution in [-0.4, -0.2) is 0 Å². The first-order valence-electron chi connectivity index (χ1n) is 16.4. The van der Waals surface area contributed by atoms with Gasteiger partial charge in [-0.1, -0.05) is 133 Å². The van der Waals surface area contributed by atoms with E-state index in [1.807, 2.05) is 0 Å². The van der Waals surface area contributed by atoms with Crippen molar-refractivity contribution in [2.24, 2.45) is 0 Å². The summed E-state index contributed by atoms with van der Waals surface area (Å²) in [6.45, 7) is 0. The van der Waals surface area contributed by atoms with E-state index in [0.29, 0.717) is 0 Å². The second-order valence-corrected chi connectivity index (χ2v) is 12.3. The van der Waals surface area contributed by atoms with Crippen LogP contribution in [0.15, 0.2) is 194 Å². The standard InChI is InChI=1S/C46H32N2/c1-3-18-39(19-4-1)47(41-27-25-33-13-7-9-16-36(33)29-41)43-31-38-24-23-35-15-11-12-22-44(35)46(38)45(32-43)48(40-20-5-2-6-21-40)42-28-26-34-14-8-10-17-37(34)30-42/h1-32H. The van der Waals surface area contributed by atoms with E-state index in [2.05, 4.69) is 204 Å². The Balaban J connectivity index is 1.37. The fourth-order valence-electron chi connectivity index (χ4n) is 7.07. The van der Waals surface area contributed by atoms with Gasteiger partial charge in [-0.05, 0) is 98.4 Å². The summed E-state index contributed by atoms with van der Waals surface area (Å²) in [4.78, 5) is 4.81. The third kappa shape index (κ3) is 4.92. The first-order valence-corrected chi connectivity index (χ1v) is 16.4. The first-order chi connectivity index (χ1) is 23.8. The molecule has 0 aliphatic heterocycles. The van der Waals surface area contributed by atoms with Crippen LogP contribution in [0.5, 0.6) is 0 Å². The fraction of sp³-hybridized carbons (Fsp3) is 0. The summed E-state index contributed by atoms with van der Waals surface area (Å²) in [5.74, 6) is 0. The van der Waals surface area contributed by atoms with E-state index in [1.54, 1.807) is 0 Å². The Morgan fingerprint density at radius 2 is 0.688 bits per heavy atom. The fourth-order valence-corrected chi connectivity index (χ4v) is 7.07. The third-order valence-corrected chi connectivity index (χ3v) is 9.32. The summed E-state index contributed by atoms with van der Waals surface area (Å²) in [6, 6.07) is 70.1. The number of hydrogen-bond donors (Lipinski definition) is 0. The topological polar surface area (TPSA) is 6.48 Å². The Morgan fingerprint density at radius 1 is 0.250 bits per heavy atom. The summed E-state index contributed by atoms with van der Waals surface area (Å²) in [6.07, 6.45) is 0. The molecule has 0 unspecified atom stereocenters. The number of rotatable bonds is 6. The molecule has 2 nitrogen and oxygen atoms in total. The SMILES string of the molecule is c1ccc(N(c2ccc3ccccc3c2)c2cc(N(c3ccccc3)c3ccc4ccccc4c3)c3c(ccc4ccccc43)c2)cc1. The van der Waals surface area contributed by atoms with Crippen molar-refractivity contribution in [3.8, 4) is 0 Å². The molecule has 0 heterocycles. The number of nitrogens with zero attached hydrogens (tertiary/aromatic N) is 2. The smallest absolute Gasteiger partial charge is 0.0567 e. The maximum atomic E-state index is 2.42. The highest BCUT2D eigenvalue weighted by Crippen LogP contribution is 2.47. The summed E-state index contributed by atoms with van der Waals surface area (Å²) >= 11 is 0. The molecule has 0 atom stereocenters. The Bertz CT molecular complexity index is 2570. The second kappa shape index (κ2) is 11.8. The summed E-state index contributed by atoms with van der Waals surface area (Å²) in [7, 11) is 0. The van der Waals surface area contributed by atoms with E-state index in [4.69, 9.17) is 0 Å². The predicted molar refractivity (Wildman–Crippen MR) is 206 cm³/mol. The van der Waals surface area contributed by atoms with Crippen molar-refractivity contribution >= 4 is 77.2 Å². The Kier molecular flexibility index (Phi) is 6.84. The van der Waals surface area contributed by atoms with Gasteiger partial charge >= 0.3 is 0 Å². The van der Waals surface area contributed by atoms with Crippen LogP contribution in [0.2, 0.25) is 0 Å². The molecule has 9 rings (SSSR count). The molecule has 0 aromatic heterocycles. The van der Waals surface area contributed by atoms with Gasteiger partial charge in [0.25, 0.3) is 0 Å². The van der Waals surface area contributed by atoms with Crippen LogP contribution in [0.1, 0.15) is 0 Å². The molecule has 0 bridgehead atoms. The molecule has 0 radical (unpaired) electrons. The van der Waals surface area contributed by atoms with Gasteiger partial charge in [0.1, 0.15) is 0 Å². The molecule has 9 aromatic carbocycles. The van der Waals surface area contributed by atoms with Crippen molar-refractivity contribution in [1.29, 1.82) is 0 Å². The lowest BCUT2D eigenvalue weighted by Crippen LogP contribution is -2.14. The molecule has 0 aliphatic carbocycles. The number of fused-ring (bicyclic) bond motifs is 5. The van der Waals surface area contributed by atoms with Crippen molar-refractivity contribution < 1.29 is 0 Å². The molecule has 0 N–H and O–H groups in total. The number of para-hydroxylation sites is 2. The van der Waals surface area contributed by atoms with E-state index in [9.17, 15) is 0 Å². The lowest BCUT2D eigenvalue weighted by atomic mass is 9.97. The normalized spacial score (nSPS) is 11.3. The first kappa shape index (κ1) is 27.9. The van der Waals surface area contributed by atoms with Crippen molar-refractivity contribution in [3.63, 3.8) is 0 Å². The highest BCUT2D eigenvalue weighted by atomic mass is 15.2. The highest BCUT2D eigenvalue weighted by Gasteiger charge is 2.22. The molecule has 2 heteroatoms. The van der Waals surface area contributed by atoms with E-state index in [0.717, 1.165) is 34.1 Å². The molecular weight excluding hydrogens is 581 g/mol. The predicted octanol–water partition coefficient (Wildman–Crippen LogP) is 13.2. The highest BCUT2D eigenvalue weighted by molar-refractivity contribution is 6.16. The molecule has 0 saturated carbocycles. The van der Waals surface area contributed by atoms with Crippen LogP contribution >= 0.6 is 0 Å². The van der Waals surface area contributed by atoms with Gasteiger partial charge in [0.2, 0.25) is 0 Å². The number of hydrogen-bond acceptors (Lipinski definition) is 2. The molecule has 0 amide bonds. The van der Waals surface area contributed by atoms with E-state index < -0.39 is 0 Å². The van der Waals surface area contributed by atoms with Gasteiger partial charge in [-0.15, -0.1) is 0 Å². The van der Waals surface area contributed by atoms with Crippen LogP contribution in [0.3, 0.4) is 0 Å². The molecule has 0 aliphatic rings. The van der Waals surface area contributed by atoms with Gasteiger partial charge in [-0.2, -0.15) is 0 Å². The van der Waals surface area contributed by atoms with Crippen LogP contribution in [0.4, 0.5) is 34.1 Å². The van der Waals surface area contributed by atoms with Gasteiger partial charge in [0, 0.05) is 33.8 Å². The molecule has 48 heavy (non-hydrogen) atoms. The van der Waals surface area contributed by atoms with Gasteiger partial charge in [-0.25, -0.2) is 0 Å².